The van der Waals surface area contributed by atoms with Crippen molar-refractivity contribution in [1.29, 1.82) is 0 Å². The maximum atomic E-state index is 4.81. The summed E-state index contributed by atoms with van der Waals surface area (Å²) in [6.45, 7) is 4.60. The van der Waals surface area contributed by atoms with E-state index in [0.29, 0.717) is 6.54 Å². The van der Waals surface area contributed by atoms with Gasteiger partial charge in [-0.25, -0.2) is 15.0 Å². The molecule has 134 valence electrons. The molecule has 4 heterocycles. The van der Waals surface area contributed by atoms with Crippen molar-refractivity contribution in [1.82, 2.24) is 25.3 Å². The van der Waals surface area contributed by atoms with Gasteiger partial charge < -0.3 is 10.6 Å². The average Bonchev–Trinajstić information content (AvgIpc) is 3.14. The summed E-state index contributed by atoms with van der Waals surface area (Å²) >= 11 is 1.74. The molecule has 2 N–H and O–H groups in total. The van der Waals surface area contributed by atoms with E-state index in [1.54, 1.807) is 23.7 Å². The molecule has 0 saturated heterocycles. The molecule has 0 aromatic carbocycles. The number of pyridine rings is 1. The third kappa shape index (κ3) is 3.73. The van der Waals surface area contributed by atoms with Crippen LogP contribution in [0.25, 0.3) is 11.4 Å². The number of aryl methyl sites for hydroxylation is 1. The predicted octanol–water partition coefficient (Wildman–Crippen LogP) is 3.21. The Balaban J connectivity index is 1.61. The SMILES string of the molecule is CCCc1nc(CNc2nc(-c3ccncc3)nc3c2CCNC3)cs1. The summed E-state index contributed by atoms with van der Waals surface area (Å²) in [6, 6.07) is 3.89. The van der Waals surface area contributed by atoms with Crippen LogP contribution in [-0.2, 0) is 25.9 Å². The lowest BCUT2D eigenvalue weighted by molar-refractivity contribution is 0.625. The highest BCUT2D eigenvalue weighted by Crippen LogP contribution is 2.25. The van der Waals surface area contributed by atoms with Crippen molar-refractivity contribution in [3.8, 4) is 11.4 Å². The first-order valence-corrected chi connectivity index (χ1v) is 9.89. The van der Waals surface area contributed by atoms with Crippen molar-refractivity contribution in [2.45, 2.75) is 39.3 Å². The van der Waals surface area contributed by atoms with E-state index in [1.807, 2.05) is 12.1 Å². The Morgan fingerprint density at radius 1 is 1.19 bits per heavy atom. The zero-order valence-corrected chi connectivity index (χ0v) is 15.6. The van der Waals surface area contributed by atoms with Crippen LogP contribution < -0.4 is 10.6 Å². The number of fused-ring (bicyclic) bond motifs is 1. The van der Waals surface area contributed by atoms with Gasteiger partial charge in [-0.15, -0.1) is 11.3 Å². The molecule has 0 radical (unpaired) electrons. The lowest BCUT2D eigenvalue weighted by atomic mass is 10.1. The van der Waals surface area contributed by atoms with Crippen molar-refractivity contribution in [2.24, 2.45) is 0 Å². The largest absolute Gasteiger partial charge is 0.364 e. The number of hydrogen-bond donors (Lipinski definition) is 2. The number of thiazole rings is 1. The Morgan fingerprint density at radius 3 is 2.92 bits per heavy atom. The first kappa shape index (κ1) is 17.1. The average molecular weight is 366 g/mol. The van der Waals surface area contributed by atoms with E-state index in [1.165, 1.54) is 10.6 Å². The van der Waals surface area contributed by atoms with Gasteiger partial charge in [-0.05, 0) is 37.9 Å². The maximum Gasteiger partial charge on any atom is 0.161 e. The molecule has 3 aromatic rings. The van der Waals surface area contributed by atoms with Crippen molar-refractivity contribution >= 4 is 17.2 Å². The Bertz CT molecular complexity index is 877. The molecule has 1 aliphatic rings. The zero-order valence-electron chi connectivity index (χ0n) is 14.8. The van der Waals surface area contributed by atoms with Crippen molar-refractivity contribution < 1.29 is 0 Å². The molecule has 0 spiro atoms. The van der Waals surface area contributed by atoms with Crippen LogP contribution in [0, 0.1) is 0 Å². The molecule has 0 fully saturated rings. The maximum absolute atomic E-state index is 4.81. The van der Waals surface area contributed by atoms with Gasteiger partial charge in [0.1, 0.15) is 5.82 Å². The third-order valence-electron chi connectivity index (χ3n) is 4.38. The van der Waals surface area contributed by atoms with Crippen LogP contribution in [0.1, 0.15) is 35.3 Å². The summed E-state index contributed by atoms with van der Waals surface area (Å²) in [6.07, 6.45) is 6.65. The molecule has 0 bridgehead atoms. The second-order valence-corrected chi connectivity index (χ2v) is 7.26. The fraction of sp³-hybridized carbons (Fsp3) is 0.368. The van der Waals surface area contributed by atoms with Gasteiger partial charge in [-0.3, -0.25) is 4.98 Å². The van der Waals surface area contributed by atoms with Gasteiger partial charge in [0.2, 0.25) is 0 Å². The van der Waals surface area contributed by atoms with Gasteiger partial charge in [-0.2, -0.15) is 0 Å². The number of nitrogens with zero attached hydrogens (tertiary/aromatic N) is 4. The Kier molecular flexibility index (Phi) is 5.17. The van der Waals surface area contributed by atoms with Crippen LogP contribution in [0.2, 0.25) is 0 Å². The molecule has 4 rings (SSSR count). The van der Waals surface area contributed by atoms with Gasteiger partial charge in [0.25, 0.3) is 0 Å². The van der Waals surface area contributed by atoms with Gasteiger partial charge in [0.05, 0.1) is 22.9 Å². The van der Waals surface area contributed by atoms with Crippen molar-refractivity contribution in [3.05, 3.63) is 51.9 Å². The minimum atomic E-state index is 0.687. The smallest absolute Gasteiger partial charge is 0.161 e. The van der Waals surface area contributed by atoms with Crippen molar-refractivity contribution in [2.75, 3.05) is 11.9 Å². The first-order valence-electron chi connectivity index (χ1n) is 9.01. The lowest BCUT2D eigenvalue weighted by Gasteiger charge is -2.20. The molecule has 0 saturated carbocycles. The van der Waals surface area contributed by atoms with Gasteiger partial charge >= 0.3 is 0 Å². The summed E-state index contributed by atoms with van der Waals surface area (Å²) < 4.78 is 0. The van der Waals surface area contributed by atoms with Crippen LogP contribution in [0.15, 0.2) is 29.9 Å². The van der Waals surface area contributed by atoms with E-state index in [2.05, 4.69) is 27.9 Å². The van der Waals surface area contributed by atoms with E-state index in [4.69, 9.17) is 15.0 Å². The number of nitrogens with one attached hydrogen (secondary N) is 2. The second kappa shape index (κ2) is 7.88. The minimum absolute atomic E-state index is 0.687. The highest BCUT2D eigenvalue weighted by Gasteiger charge is 2.18. The summed E-state index contributed by atoms with van der Waals surface area (Å²) in [4.78, 5) is 18.4. The van der Waals surface area contributed by atoms with E-state index in [0.717, 1.165) is 60.9 Å². The predicted molar refractivity (Wildman–Crippen MR) is 104 cm³/mol. The molecule has 7 heteroatoms. The van der Waals surface area contributed by atoms with E-state index < -0.39 is 0 Å². The number of anilines is 1. The van der Waals surface area contributed by atoms with Crippen molar-refractivity contribution in [3.63, 3.8) is 0 Å². The van der Waals surface area contributed by atoms with E-state index >= 15 is 0 Å². The highest BCUT2D eigenvalue weighted by atomic mass is 32.1. The lowest BCUT2D eigenvalue weighted by Crippen LogP contribution is -2.26. The summed E-state index contributed by atoms with van der Waals surface area (Å²) in [7, 11) is 0. The monoisotopic (exact) mass is 366 g/mol. The topological polar surface area (TPSA) is 75.6 Å². The highest BCUT2D eigenvalue weighted by molar-refractivity contribution is 7.09. The number of hydrogen-bond acceptors (Lipinski definition) is 7. The fourth-order valence-corrected chi connectivity index (χ4v) is 3.97. The molecule has 1 aliphatic heterocycles. The van der Waals surface area contributed by atoms with Crippen LogP contribution in [-0.4, -0.2) is 26.5 Å². The third-order valence-corrected chi connectivity index (χ3v) is 5.33. The Morgan fingerprint density at radius 2 is 2.08 bits per heavy atom. The molecule has 0 atom stereocenters. The first-order chi connectivity index (χ1) is 12.8. The number of aromatic nitrogens is 4. The minimum Gasteiger partial charge on any atom is -0.364 e. The Hall–Kier alpha value is -2.38. The molecule has 6 nitrogen and oxygen atoms in total. The number of rotatable bonds is 6. The molecular formula is C19H22N6S. The second-order valence-electron chi connectivity index (χ2n) is 6.32. The van der Waals surface area contributed by atoms with Crippen LogP contribution in [0.5, 0.6) is 0 Å². The summed E-state index contributed by atoms with van der Waals surface area (Å²) in [5.41, 5.74) is 4.34. The molecule has 0 amide bonds. The van der Waals surface area contributed by atoms with Crippen LogP contribution >= 0.6 is 11.3 Å². The molecule has 3 aromatic heterocycles. The normalized spacial score (nSPS) is 13.4. The van der Waals surface area contributed by atoms with Gasteiger partial charge in [-0.1, -0.05) is 6.92 Å². The molecule has 0 unspecified atom stereocenters. The summed E-state index contributed by atoms with van der Waals surface area (Å²) in [5.74, 6) is 1.66. The molecule has 0 aliphatic carbocycles. The zero-order chi connectivity index (χ0) is 17.8. The van der Waals surface area contributed by atoms with Crippen LogP contribution in [0.4, 0.5) is 5.82 Å². The molecule has 26 heavy (non-hydrogen) atoms. The van der Waals surface area contributed by atoms with Gasteiger partial charge in [0, 0.05) is 35.4 Å². The summed E-state index contributed by atoms with van der Waals surface area (Å²) in [5, 5.41) is 10.2. The molecular weight excluding hydrogens is 344 g/mol. The fourth-order valence-electron chi connectivity index (χ4n) is 3.07. The van der Waals surface area contributed by atoms with E-state index in [-0.39, 0.29) is 0 Å². The van der Waals surface area contributed by atoms with E-state index in [9.17, 15) is 0 Å². The standard InChI is InChI=1S/C19H22N6S/c1-2-3-17-23-14(12-26-17)10-22-19-15-6-9-21-11-16(15)24-18(25-19)13-4-7-20-8-5-13/h4-5,7-8,12,21H,2-3,6,9-11H2,1H3,(H,22,24,25). The Labute approximate surface area is 157 Å². The van der Waals surface area contributed by atoms with Gasteiger partial charge in [0.15, 0.2) is 5.82 Å². The van der Waals surface area contributed by atoms with Crippen LogP contribution in [0.3, 0.4) is 0 Å². The quantitative estimate of drug-likeness (QED) is 0.698.